The highest BCUT2D eigenvalue weighted by Crippen LogP contribution is 2.27. The van der Waals surface area contributed by atoms with Gasteiger partial charge in [0, 0.05) is 11.1 Å². The minimum atomic E-state index is 0.660. The fourth-order valence-corrected chi connectivity index (χ4v) is 2.55. The number of hydrogen-bond acceptors (Lipinski definition) is 5. The Morgan fingerprint density at radius 2 is 1.84 bits per heavy atom. The predicted octanol–water partition coefficient (Wildman–Crippen LogP) is 4.40. The summed E-state index contributed by atoms with van der Waals surface area (Å²) in [7, 11) is 1.65. The molecule has 0 aliphatic rings. The number of benzene rings is 2. The lowest BCUT2D eigenvalue weighted by atomic mass is 10.1. The highest BCUT2D eigenvalue weighted by molar-refractivity contribution is 5.93. The molecule has 0 fully saturated rings. The van der Waals surface area contributed by atoms with Crippen LogP contribution < -0.4 is 14.9 Å². The van der Waals surface area contributed by atoms with E-state index in [9.17, 15) is 0 Å². The summed E-state index contributed by atoms with van der Waals surface area (Å²) in [5, 5.41) is 5.32. The summed E-state index contributed by atoms with van der Waals surface area (Å²) in [5.41, 5.74) is 6.82. The van der Waals surface area contributed by atoms with E-state index >= 15 is 0 Å². The quantitative estimate of drug-likeness (QED) is 0.536. The molecular weight excluding hydrogens is 314 g/mol. The number of rotatable bonds is 6. The molecule has 0 unspecified atom stereocenters. The van der Waals surface area contributed by atoms with E-state index < -0.39 is 0 Å². The van der Waals surface area contributed by atoms with Crippen LogP contribution in [-0.2, 0) is 0 Å². The summed E-state index contributed by atoms with van der Waals surface area (Å²) in [6, 6.07) is 15.6. The first-order chi connectivity index (χ1) is 12.2. The minimum absolute atomic E-state index is 0.660. The van der Waals surface area contributed by atoms with Crippen LogP contribution in [0.15, 0.2) is 53.6 Å². The molecule has 0 aliphatic heterocycles. The number of pyridine rings is 1. The average Bonchev–Trinajstić information content (AvgIpc) is 2.63. The fourth-order valence-electron chi connectivity index (χ4n) is 2.55. The van der Waals surface area contributed by atoms with Gasteiger partial charge in [-0.25, -0.2) is 0 Å². The molecule has 0 radical (unpaired) electrons. The van der Waals surface area contributed by atoms with E-state index in [1.807, 2.05) is 62.4 Å². The second-order valence-corrected chi connectivity index (χ2v) is 5.57. The van der Waals surface area contributed by atoms with Crippen molar-refractivity contribution in [2.75, 3.05) is 19.1 Å². The summed E-state index contributed by atoms with van der Waals surface area (Å²) in [5.74, 6) is 1.65. The molecule has 0 saturated carbocycles. The zero-order valence-corrected chi connectivity index (χ0v) is 14.6. The molecule has 128 valence electrons. The zero-order valence-electron chi connectivity index (χ0n) is 14.6. The average molecular weight is 335 g/mol. The van der Waals surface area contributed by atoms with Gasteiger partial charge < -0.3 is 9.47 Å². The van der Waals surface area contributed by atoms with Gasteiger partial charge in [-0.1, -0.05) is 0 Å². The maximum absolute atomic E-state index is 5.44. The number of aryl methyl sites for hydroxylation is 1. The first kappa shape index (κ1) is 16.8. The second-order valence-electron chi connectivity index (χ2n) is 5.57. The smallest absolute Gasteiger partial charge is 0.119 e. The Hall–Kier alpha value is -3.08. The Balaban J connectivity index is 1.82. The van der Waals surface area contributed by atoms with Crippen molar-refractivity contribution in [3.05, 3.63) is 59.8 Å². The van der Waals surface area contributed by atoms with Crippen molar-refractivity contribution in [1.29, 1.82) is 0 Å². The number of anilines is 1. The second kappa shape index (κ2) is 7.66. The van der Waals surface area contributed by atoms with Gasteiger partial charge in [0.15, 0.2) is 0 Å². The molecule has 0 atom stereocenters. The van der Waals surface area contributed by atoms with Gasteiger partial charge in [-0.15, -0.1) is 0 Å². The Kier molecular flexibility index (Phi) is 5.14. The molecule has 1 N–H and O–H groups in total. The van der Waals surface area contributed by atoms with Gasteiger partial charge in [-0.05, 0) is 67.9 Å². The number of fused-ring (bicyclic) bond motifs is 1. The molecular formula is C20H21N3O2. The molecule has 0 aliphatic carbocycles. The zero-order chi connectivity index (χ0) is 17.6. The number of hydrazone groups is 1. The molecule has 1 aromatic heterocycles. The number of hydrogen-bond donors (Lipinski definition) is 1. The summed E-state index contributed by atoms with van der Waals surface area (Å²) < 4.78 is 10.7. The number of aromatic nitrogens is 1. The van der Waals surface area contributed by atoms with E-state index in [-0.39, 0.29) is 0 Å². The molecule has 5 heteroatoms. The number of nitrogens with one attached hydrogen (secondary N) is 1. The van der Waals surface area contributed by atoms with Crippen LogP contribution in [0.25, 0.3) is 10.9 Å². The largest absolute Gasteiger partial charge is 0.497 e. The van der Waals surface area contributed by atoms with Gasteiger partial charge in [0.1, 0.15) is 11.5 Å². The van der Waals surface area contributed by atoms with Crippen LogP contribution in [0.4, 0.5) is 5.69 Å². The molecule has 0 bridgehead atoms. The van der Waals surface area contributed by atoms with Gasteiger partial charge in [0.05, 0.1) is 31.1 Å². The molecule has 1 heterocycles. The summed E-state index contributed by atoms with van der Waals surface area (Å²) in [6.07, 6.45) is 1.78. The Labute approximate surface area is 147 Å². The van der Waals surface area contributed by atoms with E-state index in [0.717, 1.165) is 39.3 Å². The van der Waals surface area contributed by atoms with Crippen LogP contribution in [0.5, 0.6) is 11.5 Å². The molecule has 0 amide bonds. The van der Waals surface area contributed by atoms with Gasteiger partial charge in [0.2, 0.25) is 0 Å². The van der Waals surface area contributed by atoms with Crippen molar-refractivity contribution >= 4 is 22.8 Å². The Bertz CT molecular complexity index is 889. The summed E-state index contributed by atoms with van der Waals surface area (Å²) >= 11 is 0. The molecule has 3 aromatic rings. The van der Waals surface area contributed by atoms with Crippen LogP contribution in [0.3, 0.4) is 0 Å². The van der Waals surface area contributed by atoms with Gasteiger partial charge in [-0.3, -0.25) is 10.4 Å². The van der Waals surface area contributed by atoms with E-state index in [1.165, 1.54) is 0 Å². The van der Waals surface area contributed by atoms with E-state index in [4.69, 9.17) is 9.47 Å². The first-order valence-corrected chi connectivity index (χ1v) is 8.17. The van der Waals surface area contributed by atoms with Crippen molar-refractivity contribution in [2.24, 2.45) is 5.10 Å². The van der Waals surface area contributed by atoms with Crippen LogP contribution in [0.2, 0.25) is 0 Å². The van der Waals surface area contributed by atoms with Crippen LogP contribution in [-0.4, -0.2) is 24.9 Å². The normalized spacial score (nSPS) is 11.0. The summed E-state index contributed by atoms with van der Waals surface area (Å²) in [6.45, 7) is 4.59. The van der Waals surface area contributed by atoms with Crippen molar-refractivity contribution in [3.8, 4) is 11.5 Å². The monoisotopic (exact) mass is 335 g/mol. The van der Waals surface area contributed by atoms with Crippen LogP contribution in [0, 0.1) is 6.92 Å². The molecule has 25 heavy (non-hydrogen) atoms. The lowest BCUT2D eigenvalue weighted by Crippen LogP contribution is -1.96. The fraction of sp³-hybridized carbons (Fsp3) is 0.200. The highest BCUT2D eigenvalue weighted by Gasteiger charge is 2.05. The predicted molar refractivity (Wildman–Crippen MR) is 102 cm³/mol. The van der Waals surface area contributed by atoms with Gasteiger partial charge in [-0.2, -0.15) is 5.10 Å². The van der Waals surface area contributed by atoms with E-state index in [1.54, 1.807) is 13.3 Å². The number of ether oxygens (including phenoxy) is 2. The molecule has 3 rings (SSSR count). The first-order valence-electron chi connectivity index (χ1n) is 8.17. The molecule has 0 saturated heterocycles. The number of nitrogens with zero attached hydrogens (tertiary/aromatic N) is 2. The maximum Gasteiger partial charge on any atom is 0.119 e. The summed E-state index contributed by atoms with van der Waals surface area (Å²) in [4.78, 5) is 4.54. The third-order valence-electron chi connectivity index (χ3n) is 3.73. The lowest BCUT2D eigenvalue weighted by molar-refractivity contribution is 0.340. The molecule has 5 nitrogen and oxygen atoms in total. The van der Waals surface area contributed by atoms with Gasteiger partial charge >= 0.3 is 0 Å². The third kappa shape index (κ3) is 4.07. The third-order valence-corrected chi connectivity index (χ3v) is 3.73. The highest BCUT2D eigenvalue weighted by atomic mass is 16.5. The van der Waals surface area contributed by atoms with Crippen molar-refractivity contribution in [2.45, 2.75) is 13.8 Å². The van der Waals surface area contributed by atoms with Crippen molar-refractivity contribution in [1.82, 2.24) is 4.98 Å². The Morgan fingerprint density at radius 1 is 1.08 bits per heavy atom. The van der Waals surface area contributed by atoms with Gasteiger partial charge in [0.25, 0.3) is 0 Å². The van der Waals surface area contributed by atoms with Crippen LogP contribution >= 0.6 is 0 Å². The Morgan fingerprint density at radius 3 is 2.56 bits per heavy atom. The lowest BCUT2D eigenvalue weighted by Gasteiger charge is -2.09. The molecule has 2 aromatic carbocycles. The number of methoxy groups -OCH3 is 1. The SMILES string of the molecule is CCOc1ccc(/C=N/Nc2cc(C)nc3ccc(OC)cc23)cc1. The topological polar surface area (TPSA) is 55.7 Å². The van der Waals surface area contributed by atoms with E-state index in [2.05, 4.69) is 15.5 Å². The van der Waals surface area contributed by atoms with E-state index in [0.29, 0.717) is 6.61 Å². The van der Waals surface area contributed by atoms with Crippen molar-refractivity contribution in [3.63, 3.8) is 0 Å². The maximum atomic E-state index is 5.44. The minimum Gasteiger partial charge on any atom is -0.497 e. The van der Waals surface area contributed by atoms with Crippen LogP contribution in [0.1, 0.15) is 18.2 Å². The van der Waals surface area contributed by atoms with Crippen molar-refractivity contribution < 1.29 is 9.47 Å². The standard InChI is InChI=1S/C20H21N3O2/c1-4-25-16-7-5-15(6-8-16)13-21-23-20-11-14(2)22-19-10-9-17(24-3)12-18(19)20/h5-13H,4H2,1-3H3,(H,22,23)/b21-13+. The molecule has 0 spiro atoms.